The van der Waals surface area contributed by atoms with Crippen LogP contribution in [0.25, 0.3) is 11.1 Å². The lowest BCUT2D eigenvalue weighted by molar-refractivity contribution is -0.123. The van der Waals surface area contributed by atoms with Crippen LogP contribution in [-0.4, -0.2) is 49.5 Å². The Morgan fingerprint density at radius 3 is 2.84 bits per heavy atom. The summed E-state index contributed by atoms with van der Waals surface area (Å²) in [5.41, 5.74) is 1.53. The van der Waals surface area contributed by atoms with Gasteiger partial charge in [0.1, 0.15) is 18.2 Å². The molecular weight excluding hydrogens is 399 g/mol. The smallest absolute Gasteiger partial charge is 0.245 e. The highest BCUT2D eigenvalue weighted by molar-refractivity contribution is 5.76. The molecule has 4 N–H and O–H groups in total. The van der Waals surface area contributed by atoms with Crippen molar-refractivity contribution in [2.24, 2.45) is 11.8 Å². The lowest BCUT2D eigenvalue weighted by atomic mass is 9.77. The Hall–Kier alpha value is -2.48. The van der Waals surface area contributed by atoms with Gasteiger partial charge in [-0.05, 0) is 73.5 Å². The summed E-state index contributed by atoms with van der Waals surface area (Å²) < 4.78 is 20.3. The van der Waals surface area contributed by atoms with Crippen molar-refractivity contribution < 1.29 is 24.1 Å². The van der Waals surface area contributed by atoms with E-state index >= 15 is 0 Å². The summed E-state index contributed by atoms with van der Waals surface area (Å²) >= 11 is 0. The van der Waals surface area contributed by atoms with E-state index in [0.29, 0.717) is 35.4 Å². The highest BCUT2D eigenvalue weighted by atomic mass is 19.1. The summed E-state index contributed by atoms with van der Waals surface area (Å²) in [5.74, 6) is -0.230. The third kappa shape index (κ3) is 5.81. The fourth-order valence-electron chi connectivity index (χ4n) is 4.43. The lowest BCUT2D eigenvalue weighted by Crippen LogP contribution is -2.38. The molecule has 1 aliphatic rings. The van der Waals surface area contributed by atoms with Gasteiger partial charge in [0, 0.05) is 12.1 Å². The maximum atomic E-state index is 15.0. The highest BCUT2D eigenvalue weighted by Crippen LogP contribution is 2.40. The first-order valence-electron chi connectivity index (χ1n) is 10.7. The van der Waals surface area contributed by atoms with Crippen LogP contribution >= 0.6 is 0 Å². The summed E-state index contributed by atoms with van der Waals surface area (Å²) in [5, 5.41) is 26.5. The Morgan fingerprint density at radius 2 is 2.13 bits per heavy atom. The van der Waals surface area contributed by atoms with Crippen LogP contribution in [0.5, 0.6) is 5.75 Å². The van der Waals surface area contributed by atoms with E-state index < -0.39 is 24.4 Å². The van der Waals surface area contributed by atoms with Crippen molar-refractivity contribution in [3.8, 4) is 16.9 Å². The fourth-order valence-corrected chi connectivity index (χ4v) is 4.43. The number of nitrogens with one attached hydrogen (secondary N) is 2. The van der Waals surface area contributed by atoms with Crippen LogP contribution < -0.4 is 15.4 Å². The van der Waals surface area contributed by atoms with Gasteiger partial charge in [0.05, 0.1) is 13.2 Å². The van der Waals surface area contributed by atoms with Crippen LogP contribution in [0.15, 0.2) is 42.5 Å². The predicted molar refractivity (Wildman–Crippen MR) is 117 cm³/mol. The number of halogens is 1. The molecule has 3 unspecified atom stereocenters. The lowest BCUT2D eigenvalue weighted by Gasteiger charge is -2.35. The number of piperidine rings is 1. The molecule has 0 radical (unpaired) electrons. The molecule has 0 aliphatic carbocycles. The van der Waals surface area contributed by atoms with Gasteiger partial charge in [-0.25, -0.2) is 4.39 Å². The Balaban J connectivity index is 1.93. The van der Waals surface area contributed by atoms with Gasteiger partial charge in [-0.2, -0.15) is 0 Å². The molecule has 1 saturated heterocycles. The van der Waals surface area contributed by atoms with E-state index in [9.17, 15) is 14.3 Å². The molecule has 1 heterocycles. The Morgan fingerprint density at radius 1 is 1.32 bits per heavy atom. The van der Waals surface area contributed by atoms with Crippen LogP contribution in [0.2, 0.25) is 0 Å². The van der Waals surface area contributed by atoms with Crippen molar-refractivity contribution in [1.29, 1.82) is 0 Å². The molecule has 1 fully saturated rings. The molecule has 1 aliphatic heterocycles. The topological polar surface area (TPSA) is 90.8 Å². The number of ether oxygens (including phenoxy) is 1. The van der Waals surface area contributed by atoms with E-state index in [4.69, 9.17) is 9.84 Å². The summed E-state index contributed by atoms with van der Waals surface area (Å²) in [7, 11) is 1.56. The van der Waals surface area contributed by atoms with Crippen LogP contribution in [0.3, 0.4) is 0 Å². The maximum absolute atomic E-state index is 15.0. The van der Waals surface area contributed by atoms with Crippen LogP contribution in [-0.2, 0) is 4.79 Å². The Labute approximate surface area is 182 Å². The molecule has 168 valence electrons. The zero-order valence-corrected chi connectivity index (χ0v) is 17.8. The van der Waals surface area contributed by atoms with E-state index in [0.717, 1.165) is 25.9 Å². The SMILES string of the molecule is COc1cccc(-c2c(F)cccc2C(O)C(CCNC(=O)CO)C2CCCNC2)c1. The van der Waals surface area contributed by atoms with Crippen LogP contribution in [0.4, 0.5) is 4.39 Å². The van der Waals surface area contributed by atoms with Gasteiger partial charge >= 0.3 is 0 Å². The van der Waals surface area contributed by atoms with Crippen LogP contribution in [0.1, 0.15) is 30.9 Å². The van der Waals surface area contributed by atoms with Gasteiger partial charge < -0.3 is 25.6 Å². The van der Waals surface area contributed by atoms with Gasteiger partial charge in [0.15, 0.2) is 0 Å². The first kappa shape index (κ1) is 23.2. The van der Waals surface area contributed by atoms with Gasteiger partial charge in [-0.3, -0.25) is 4.79 Å². The zero-order chi connectivity index (χ0) is 22.2. The molecule has 31 heavy (non-hydrogen) atoms. The summed E-state index contributed by atoms with van der Waals surface area (Å²) in [6, 6.07) is 11.9. The van der Waals surface area contributed by atoms with Crippen molar-refractivity contribution in [3.63, 3.8) is 0 Å². The second-order valence-electron chi connectivity index (χ2n) is 7.95. The Kier molecular flexibility index (Phi) is 8.40. The first-order valence-corrected chi connectivity index (χ1v) is 10.7. The number of carbonyl (C=O) groups excluding carboxylic acids is 1. The minimum Gasteiger partial charge on any atom is -0.497 e. The summed E-state index contributed by atoms with van der Waals surface area (Å²) in [4.78, 5) is 11.5. The predicted octanol–water partition coefficient (Wildman–Crippen LogP) is 2.65. The number of hydrogen-bond donors (Lipinski definition) is 4. The third-order valence-corrected chi connectivity index (χ3v) is 6.01. The Bertz CT molecular complexity index is 870. The minimum absolute atomic E-state index is 0.182. The van der Waals surface area contributed by atoms with Crippen molar-refractivity contribution in [1.82, 2.24) is 10.6 Å². The number of benzene rings is 2. The molecule has 0 bridgehead atoms. The van der Waals surface area contributed by atoms with E-state index in [2.05, 4.69) is 10.6 Å². The van der Waals surface area contributed by atoms with Gasteiger partial charge in [0.2, 0.25) is 5.91 Å². The molecule has 3 rings (SSSR count). The van der Waals surface area contributed by atoms with E-state index in [1.165, 1.54) is 6.07 Å². The highest BCUT2D eigenvalue weighted by Gasteiger charge is 2.32. The monoisotopic (exact) mass is 430 g/mol. The molecule has 0 saturated carbocycles. The van der Waals surface area contributed by atoms with E-state index in [-0.39, 0.29) is 11.8 Å². The summed E-state index contributed by atoms with van der Waals surface area (Å²) in [6.07, 6.45) is 1.57. The van der Waals surface area contributed by atoms with Gasteiger partial charge in [-0.1, -0.05) is 24.3 Å². The number of carbonyl (C=O) groups is 1. The quantitative estimate of drug-likeness (QED) is 0.491. The number of aliphatic hydroxyl groups is 2. The molecule has 6 nitrogen and oxygen atoms in total. The van der Waals surface area contributed by atoms with Crippen molar-refractivity contribution in [2.75, 3.05) is 33.4 Å². The molecule has 2 aromatic rings. The van der Waals surface area contributed by atoms with Crippen LogP contribution in [0, 0.1) is 17.7 Å². The molecule has 0 aromatic heterocycles. The molecule has 2 aromatic carbocycles. The van der Waals surface area contributed by atoms with E-state index in [1.807, 2.05) is 0 Å². The second-order valence-corrected chi connectivity index (χ2v) is 7.95. The third-order valence-electron chi connectivity index (χ3n) is 6.01. The average molecular weight is 431 g/mol. The summed E-state index contributed by atoms with van der Waals surface area (Å²) in [6.45, 7) is 1.47. The molecular formula is C24H31FN2O4. The molecule has 7 heteroatoms. The number of rotatable bonds is 9. The van der Waals surface area contributed by atoms with E-state index in [1.54, 1.807) is 43.5 Å². The normalized spacial score (nSPS) is 18.3. The molecule has 3 atom stereocenters. The number of methoxy groups -OCH3 is 1. The van der Waals surface area contributed by atoms with Gasteiger partial charge in [-0.15, -0.1) is 0 Å². The zero-order valence-electron chi connectivity index (χ0n) is 17.8. The fraction of sp³-hybridized carbons (Fsp3) is 0.458. The minimum atomic E-state index is -0.909. The number of hydrogen-bond acceptors (Lipinski definition) is 5. The first-order chi connectivity index (χ1) is 15.0. The average Bonchev–Trinajstić information content (AvgIpc) is 2.81. The van der Waals surface area contributed by atoms with Crippen molar-refractivity contribution in [3.05, 3.63) is 53.8 Å². The largest absolute Gasteiger partial charge is 0.497 e. The van der Waals surface area contributed by atoms with Gasteiger partial charge in [0.25, 0.3) is 0 Å². The molecule has 1 amide bonds. The number of aliphatic hydroxyl groups excluding tert-OH is 2. The second kappa shape index (κ2) is 11.2. The molecule has 0 spiro atoms. The van der Waals surface area contributed by atoms with Crippen molar-refractivity contribution >= 4 is 5.91 Å². The standard InChI is InChI=1S/C24H31FN2O4/c1-31-18-7-2-5-16(13-18)23-20(8-3-9-21(23)25)24(30)19(10-12-27-22(29)15-28)17-6-4-11-26-14-17/h2-3,5,7-9,13,17,19,24,26,28,30H,4,6,10-12,14-15H2,1H3,(H,27,29). The maximum Gasteiger partial charge on any atom is 0.245 e. The van der Waals surface area contributed by atoms with Crippen molar-refractivity contribution in [2.45, 2.75) is 25.4 Å². The number of amides is 1.